The molecule has 1 aromatic rings. The van der Waals surface area contributed by atoms with Gasteiger partial charge in [0.05, 0.1) is 6.20 Å². The quantitative estimate of drug-likeness (QED) is 0.387. The Morgan fingerprint density at radius 1 is 0.968 bits per heavy atom. The Kier molecular flexibility index (Phi) is 9.62. The lowest BCUT2D eigenvalue weighted by Crippen LogP contribution is -2.35. The average molecular weight is 430 g/mol. The molecule has 0 N–H and O–H groups in total. The molecule has 1 saturated carbocycles. The molecule has 0 atom stereocenters. The fourth-order valence-electron chi connectivity index (χ4n) is 5.59. The molecule has 31 heavy (non-hydrogen) atoms. The number of hydrogen-bond acceptors (Lipinski definition) is 3. The van der Waals surface area contributed by atoms with E-state index in [0.717, 1.165) is 31.2 Å². The van der Waals surface area contributed by atoms with E-state index >= 15 is 0 Å². The molecule has 1 aliphatic carbocycles. The monoisotopic (exact) mass is 429 g/mol. The van der Waals surface area contributed by atoms with Crippen LogP contribution < -0.4 is 0 Å². The van der Waals surface area contributed by atoms with Crippen molar-refractivity contribution in [2.24, 2.45) is 23.7 Å². The minimum atomic E-state index is 0.218. The van der Waals surface area contributed by atoms with Crippen molar-refractivity contribution in [3.05, 3.63) is 18.0 Å². The summed E-state index contributed by atoms with van der Waals surface area (Å²) in [6.07, 6.45) is 17.2. The number of carbonyl (C=O) groups excluding carboxylic acids is 1. The third-order valence-electron chi connectivity index (χ3n) is 7.88. The molecular formula is C27H47N3O. The molecule has 2 fully saturated rings. The molecule has 3 rings (SSSR count). The van der Waals surface area contributed by atoms with Gasteiger partial charge in [0.15, 0.2) is 0 Å². The fraction of sp³-hybridized carbons (Fsp3) is 0.852. The van der Waals surface area contributed by atoms with Crippen LogP contribution in [0.15, 0.2) is 12.4 Å². The maximum Gasteiger partial charge on any atom is 0.138 e. The normalized spacial score (nSPS) is 23.7. The number of unbranched alkanes of at least 4 members (excludes halogenated alkanes) is 2. The largest absolute Gasteiger partial charge is 0.303 e. The van der Waals surface area contributed by atoms with Crippen LogP contribution in [0.4, 0.5) is 0 Å². The lowest BCUT2D eigenvalue weighted by atomic mass is 9.76. The number of rotatable bonds is 11. The molecule has 2 aliphatic rings. The third kappa shape index (κ3) is 7.73. The Balaban J connectivity index is 1.21. The van der Waals surface area contributed by atoms with Gasteiger partial charge in [-0.1, -0.05) is 47.0 Å². The van der Waals surface area contributed by atoms with Gasteiger partial charge < -0.3 is 4.90 Å². The van der Waals surface area contributed by atoms with Crippen molar-refractivity contribution in [1.82, 2.24) is 14.7 Å². The predicted octanol–water partition coefficient (Wildman–Crippen LogP) is 6.31. The Hall–Kier alpha value is -1.16. The second-order valence-electron chi connectivity index (χ2n) is 11.1. The first-order valence-corrected chi connectivity index (χ1v) is 13.2. The molecule has 4 nitrogen and oxygen atoms in total. The molecule has 0 amide bonds. The molecular weight excluding hydrogens is 382 g/mol. The SMILES string of the molecule is CC(C)C(=O)C1CCC(CCCCCN2CCC(Cn3cc(C(C)C)cn3)CC2)CC1. The van der Waals surface area contributed by atoms with E-state index in [0.29, 0.717) is 17.6 Å². The first-order chi connectivity index (χ1) is 14.9. The maximum absolute atomic E-state index is 12.2. The van der Waals surface area contributed by atoms with E-state index in [1.807, 2.05) is 6.20 Å². The highest BCUT2D eigenvalue weighted by molar-refractivity contribution is 5.82. The van der Waals surface area contributed by atoms with Crippen LogP contribution in [0.2, 0.25) is 0 Å². The van der Waals surface area contributed by atoms with Crippen molar-refractivity contribution in [1.29, 1.82) is 0 Å². The molecule has 0 unspecified atom stereocenters. The second kappa shape index (κ2) is 12.2. The molecule has 0 spiro atoms. The number of carbonyl (C=O) groups is 1. The lowest BCUT2D eigenvalue weighted by Gasteiger charge is -2.32. The first kappa shape index (κ1) is 24.5. The zero-order valence-electron chi connectivity index (χ0n) is 20.7. The van der Waals surface area contributed by atoms with E-state index < -0.39 is 0 Å². The Labute approximate surface area is 191 Å². The number of piperidine rings is 1. The van der Waals surface area contributed by atoms with E-state index in [9.17, 15) is 4.79 Å². The minimum Gasteiger partial charge on any atom is -0.303 e. The van der Waals surface area contributed by atoms with Gasteiger partial charge in [-0.05, 0) is 87.9 Å². The van der Waals surface area contributed by atoms with Gasteiger partial charge in [-0.15, -0.1) is 0 Å². The van der Waals surface area contributed by atoms with E-state index in [1.54, 1.807) is 0 Å². The Morgan fingerprint density at radius 3 is 2.29 bits per heavy atom. The van der Waals surface area contributed by atoms with Crippen LogP contribution in [0, 0.1) is 23.7 Å². The van der Waals surface area contributed by atoms with E-state index in [-0.39, 0.29) is 5.92 Å². The Bertz CT molecular complexity index is 649. The number of hydrogen-bond donors (Lipinski definition) is 0. The number of likely N-dealkylation sites (tertiary alicyclic amines) is 1. The standard InChI is InChI=1S/C27H47N3O/c1-21(2)26-18-28-30(20-26)19-24-13-16-29(17-14-24)15-7-5-6-8-23-9-11-25(12-10-23)27(31)22(3)4/h18,20-25H,5-17,19H2,1-4H3. The van der Waals surface area contributed by atoms with Crippen LogP contribution in [0.3, 0.4) is 0 Å². The number of nitrogens with zero attached hydrogens (tertiary/aromatic N) is 3. The molecule has 176 valence electrons. The second-order valence-corrected chi connectivity index (χ2v) is 11.1. The van der Waals surface area contributed by atoms with Crippen molar-refractivity contribution in [3.63, 3.8) is 0 Å². The molecule has 0 radical (unpaired) electrons. The van der Waals surface area contributed by atoms with Gasteiger partial charge >= 0.3 is 0 Å². The van der Waals surface area contributed by atoms with Crippen LogP contribution in [0.25, 0.3) is 0 Å². The number of aromatic nitrogens is 2. The van der Waals surface area contributed by atoms with Crippen LogP contribution in [-0.2, 0) is 11.3 Å². The van der Waals surface area contributed by atoms with Crippen molar-refractivity contribution in [2.75, 3.05) is 19.6 Å². The summed E-state index contributed by atoms with van der Waals surface area (Å²) in [5, 5.41) is 4.57. The summed E-state index contributed by atoms with van der Waals surface area (Å²) < 4.78 is 2.17. The summed E-state index contributed by atoms with van der Waals surface area (Å²) >= 11 is 0. The molecule has 2 heterocycles. The van der Waals surface area contributed by atoms with E-state index in [2.05, 4.69) is 48.6 Å². The molecule has 0 bridgehead atoms. The minimum absolute atomic E-state index is 0.218. The third-order valence-corrected chi connectivity index (χ3v) is 7.88. The van der Waals surface area contributed by atoms with Crippen molar-refractivity contribution >= 4 is 5.78 Å². The maximum atomic E-state index is 12.2. The van der Waals surface area contributed by atoms with Gasteiger partial charge in [-0.3, -0.25) is 9.48 Å². The van der Waals surface area contributed by atoms with Crippen molar-refractivity contribution < 1.29 is 4.79 Å². The van der Waals surface area contributed by atoms with Gasteiger partial charge in [-0.25, -0.2) is 0 Å². The number of Topliss-reactive ketones (excluding diaryl/α,β-unsaturated/α-hetero) is 1. The van der Waals surface area contributed by atoms with Crippen LogP contribution in [-0.4, -0.2) is 40.1 Å². The molecule has 4 heteroatoms. The number of ketones is 1. The van der Waals surface area contributed by atoms with E-state index in [1.165, 1.54) is 76.6 Å². The fourth-order valence-corrected chi connectivity index (χ4v) is 5.59. The van der Waals surface area contributed by atoms with Gasteiger partial charge in [0.25, 0.3) is 0 Å². The summed E-state index contributed by atoms with van der Waals surface area (Å²) in [4.78, 5) is 14.9. The van der Waals surface area contributed by atoms with Crippen LogP contribution in [0.5, 0.6) is 0 Å². The van der Waals surface area contributed by atoms with Crippen molar-refractivity contribution in [3.8, 4) is 0 Å². The molecule has 1 aliphatic heterocycles. The molecule has 1 aromatic heterocycles. The highest BCUT2D eigenvalue weighted by Crippen LogP contribution is 2.33. The average Bonchev–Trinajstić information content (AvgIpc) is 3.23. The first-order valence-electron chi connectivity index (χ1n) is 13.2. The smallest absolute Gasteiger partial charge is 0.138 e. The van der Waals surface area contributed by atoms with Crippen LogP contribution in [0.1, 0.15) is 103 Å². The van der Waals surface area contributed by atoms with Gasteiger partial charge in [0.1, 0.15) is 5.78 Å². The molecule has 1 saturated heterocycles. The van der Waals surface area contributed by atoms with Gasteiger partial charge in [0.2, 0.25) is 0 Å². The summed E-state index contributed by atoms with van der Waals surface area (Å²) in [5.74, 6) is 3.32. The highest BCUT2D eigenvalue weighted by atomic mass is 16.1. The van der Waals surface area contributed by atoms with Gasteiger partial charge in [-0.2, -0.15) is 5.10 Å². The van der Waals surface area contributed by atoms with E-state index in [4.69, 9.17) is 0 Å². The summed E-state index contributed by atoms with van der Waals surface area (Å²) in [6, 6.07) is 0. The summed E-state index contributed by atoms with van der Waals surface area (Å²) in [5.41, 5.74) is 1.36. The molecule has 0 aromatic carbocycles. The highest BCUT2D eigenvalue weighted by Gasteiger charge is 2.27. The Morgan fingerprint density at radius 2 is 1.68 bits per heavy atom. The topological polar surface area (TPSA) is 38.1 Å². The van der Waals surface area contributed by atoms with Crippen molar-refractivity contribution in [2.45, 2.75) is 104 Å². The summed E-state index contributed by atoms with van der Waals surface area (Å²) in [7, 11) is 0. The lowest BCUT2D eigenvalue weighted by molar-refractivity contribution is -0.127. The zero-order valence-corrected chi connectivity index (χ0v) is 20.7. The zero-order chi connectivity index (χ0) is 22.2. The van der Waals surface area contributed by atoms with Gasteiger partial charge in [0, 0.05) is 24.6 Å². The summed E-state index contributed by atoms with van der Waals surface area (Å²) in [6.45, 7) is 13.5. The van der Waals surface area contributed by atoms with Crippen LogP contribution >= 0.6 is 0 Å². The predicted molar refractivity (Wildman–Crippen MR) is 129 cm³/mol.